The first-order chi connectivity index (χ1) is 5.43. The van der Waals surface area contributed by atoms with E-state index in [1.54, 1.807) is 0 Å². The van der Waals surface area contributed by atoms with E-state index in [2.05, 4.69) is 17.4 Å². The fraction of sp³-hybridized carbons (Fsp3) is 0.200. The molecular formula is C10H13N. The molecule has 0 saturated heterocycles. The zero-order chi connectivity index (χ0) is 7.94. The van der Waals surface area contributed by atoms with E-state index in [1.807, 2.05) is 37.4 Å². The standard InChI is InChI=1S/C10H13N/c1-2-8-11-9-10-6-4-3-5-7-10/h2-8,11H,9H2,1H3/b8-2-. The van der Waals surface area contributed by atoms with Crippen molar-refractivity contribution in [1.29, 1.82) is 0 Å². The van der Waals surface area contributed by atoms with E-state index in [9.17, 15) is 0 Å². The Kier molecular flexibility index (Phi) is 3.26. The summed E-state index contributed by atoms with van der Waals surface area (Å²) in [5.74, 6) is 0. The summed E-state index contributed by atoms with van der Waals surface area (Å²) in [5.41, 5.74) is 1.31. The number of allylic oxidation sites excluding steroid dienone is 1. The first-order valence-electron chi connectivity index (χ1n) is 3.82. The van der Waals surface area contributed by atoms with Crippen LogP contribution < -0.4 is 5.32 Å². The van der Waals surface area contributed by atoms with Gasteiger partial charge in [0.05, 0.1) is 0 Å². The third-order valence-corrected chi connectivity index (χ3v) is 1.43. The molecule has 58 valence electrons. The maximum atomic E-state index is 3.17. The minimum atomic E-state index is 0.908. The lowest BCUT2D eigenvalue weighted by molar-refractivity contribution is 0.868. The Morgan fingerprint density at radius 3 is 2.64 bits per heavy atom. The molecule has 1 N–H and O–H groups in total. The lowest BCUT2D eigenvalue weighted by Gasteiger charge is -1.98. The number of benzene rings is 1. The van der Waals surface area contributed by atoms with Crippen molar-refractivity contribution < 1.29 is 0 Å². The summed E-state index contributed by atoms with van der Waals surface area (Å²) in [7, 11) is 0. The predicted octanol–water partition coefficient (Wildman–Crippen LogP) is 2.31. The van der Waals surface area contributed by atoms with Crippen LogP contribution in [0.2, 0.25) is 0 Å². The van der Waals surface area contributed by atoms with Crippen molar-refractivity contribution in [1.82, 2.24) is 5.32 Å². The second-order valence-electron chi connectivity index (χ2n) is 2.37. The fourth-order valence-electron chi connectivity index (χ4n) is 0.890. The summed E-state index contributed by atoms with van der Waals surface area (Å²) >= 11 is 0. The van der Waals surface area contributed by atoms with Crippen molar-refractivity contribution >= 4 is 0 Å². The molecule has 11 heavy (non-hydrogen) atoms. The van der Waals surface area contributed by atoms with Crippen molar-refractivity contribution in [2.75, 3.05) is 0 Å². The van der Waals surface area contributed by atoms with E-state index >= 15 is 0 Å². The zero-order valence-electron chi connectivity index (χ0n) is 6.75. The number of rotatable bonds is 3. The van der Waals surface area contributed by atoms with Crippen LogP contribution in [0.1, 0.15) is 12.5 Å². The summed E-state index contributed by atoms with van der Waals surface area (Å²) in [4.78, 5) is 0. The lowest BCUT2D eigenvalue weighted by atomic mass is 10.2. The highest BCUT2D eigenvalue weighted by Gasteiger charge is 1.84. The Balaban J connectivity index is 2.39. The fourth-order valence-corrected chi connectivity index (χ4v) is 0.890. The van der Waals surface area contributed by atoms with Gasteiger partial charge in [-0.15, -0.1) is 0 Å². The minimum absolute atomic E-state index is 0.908. The molecular weight excluding hydrogens is 134 g/mol. The van der Waals surface area contributed by atoms with Crippen LogP contribution in [0.25, 0.3) is 0 Å². The van der Waals surface area contributed by atoms with E-state index in [1.165, 1.54) is 5.56 Å². The molecule has 0 saturated carbocycles. The van der Waals surface area contributed by atoms with Crippen LogP contribution in [-0.4, -0.2) is 0 Å². The normalized spacial score (nSPS) is 10.3. The molecule has 0 bridgehead atoms. The highest BCUT2D eigenvalue weighted by Crippen LogP contribution is 1.96. The molecule has 0 fully saturated rings. The number of hydrogen-bond acceptors (Lipinski definition) is 1. The van der Waals surface area contributed by atoms with Gasteiger partial charge in [0.1, 0.15) is 0 Å². The molecule has 0 aliphatic heterocycles. The Morgan fingerprint density at radius 1 is 1.27 bits per heavy atom. The van der Waals surface area contributed by atoms with Gasteiger partial charge in [0, 0.05) is 6.54 Å². The second kappa shape index (κ2) is 4.56. The van der Waals surface area contributed by atoms with Crippen molar-refractivity contribution in [3.63, 3.8) is 0 Å². The minimum Gasteiger partial charge on any atom is -0.387 e. The molecule has 1 nitrogen and oxygen atoms in total. The monoisotopic (exact) mass is 147 g/mol. The topological polar surface area (TPSA) is 12.0 Å². The van der Waals surface area contributed by atoms with Gasteiger partial charge in [0.15, 0.2) is 0 Å². The van der Waals surface area contributed by atoms with E-state index in [0.717, 1.165) is 6.54 Å². The molecule has 0 aliphatic carbocycles. The number of nitrogens with one attached hydrogen (secondary N) is 1. The summed E-state index contributed by atoms with van der Waals surface area (Å²) in [6.07, 6.45) is 3.94. The number of hydrogen-bond donors (Lipinski definition) is 1. The molecule has 1 aromatic carbocycles. The molecule has 1 heteroatoms. The smallest absolute Gasteiger partial charge is 0.0395 e. The lowest BCUT2D eigenvalue weighted by Crippen LogP contribution is -2.03. The van der Waals surface area contributed by atoms with Gasteiger partial charge in [-0.2, -0.15) is 0 Å². The van der Waals surface area contributed by atoms with Crippen LogP contribution in [0.4, 0.5) is 0 Å². The van der Waals surface area contributed by atoms with Crippen molar-refractivity contribution in [2.24, 2.45) is 0 Å². The summed E-state index contributed by atoms with van der Waals surface area (Å²) in [5, 5.41) is 3.17. The maximum absolute atomic E-state index is 3.17. The van der Waals surface area contributed by atoms with Crippen LogP contribution in [0.3, 0.4) is 0 Å². The Hall–Kier alpha value is -1.24. The van der Waals surface area contributed by atoms with Crippen molar-refractivity contribution in [3.05, 3.63) is 48.2 Å². The summed E-state index contributed by atoms with van der Waals surface area (Å²) in [6.45, 7) is 2.91. The van der Waals surface area contributed by atoms with Crippen LogP contribution >= 0.6 is 0 Å². The first kappa shape index (κ1) is 7.86. The van der Waals surface area contributed by atoms with Crippen LogP contribution in [-0.2, 0) is 6.54 Å². The van der Waals surface area contributed by atoms with Gasteiger partial charge in [-0.05, 0) is 18.7 Å². The van der Waals surface area contributed by atoms with Gasteiger partial charge in [0.25, 0.3) is 0 Å². The molecule has 0 aliphatic rings. The average molecular weight is 147 g/mol. The second-order valence-corrected chi connectivity index (χ2v) is 2.37. The Morgan fingerprint density at radius 2 is 2.00 bits per heavy atom. The van der Waals surface area contributed by atoms with Gasteiger partial charge in [0.2, 0.25) is 0 Å². The molecule has 1 aromatic rings. The van der Waals surface area contributed by atoms with Gasteiger partial charge in [-0.3, -0.25) is 0 Å². The third kappa shape index (κ3) is 2.89. The van der Waals surface area contributed by atoms with Crippen LogP contribution in [0.15, 0.2) is 42.6 Å². The van der Waals surface area contributed by atoms with E-state index in [0.29, 0.717) is 0 Å². The first-order valence-corrected chi connectivity index (χ1v) is 3.82. The third-order valence-electron chi connectivity index (χ3n) is 1.43. The van der Waals surface area contributed by atoms with Gasteiger partial charge >= 0.3 is 0 Å². The van der Waals surface area contributed by atoms with Gasteiger partial charge in [-0.25, -0.2) is 0 Å². The van der Waals surface area contributed by atoms with E-state index < -0.39 is 0 Å². The molecule has 0 aromatic heterocycles. The molecule has 0 spiro atoms. The average Bonchev–Trinajstić information content (AvgIpc) is 2.07. The molecule has 0 atom stereocenters. The largest absolute Gasteiger partial charge is 0.387 e. The molecule has 0 heterocycles. The highest BCUT2D eigenvalue weighted by atomic mass is 14.8. The Labute approximate surface area is 67.8 Å². The summed E-state index contributed by atoms with van der Waals surface area (Å²) < 4.78 is 0. The molecule has 0 amide bonds. The van der Waals surface area contributed by atoms with Crippen molar-refractivity contribution in [3.8, 4) is 0 Å². The van der Waals surface area contributed by atoms with Crippen LogP contribution in [0.5, 0.6) is 0 Å². The Bertz CT molecular complexity index is 214. The highest BCUT2D eigenvalue weighted by molar-refractivity contribution is 5.14. The predicted molar refractivity (Wildman–Crippen MR) is 48.1 cm³/mol. The van der Waals surface area contributed by atoms with E-state index in [-0.39, 0.29) is 0 Å². The summed E-state index contributed by atoms with van der Waals surface area (Å²) in [6, 6.07) is 10.3. The van der Waals surface area contributed by atoms with E-state index in [4.69, 9.17) is 0 Å². The van der Waals surface area contributed by atoms with Gasteiger partial charge < -0.3 is 5.32 Å². The van der Waals surface area contributed by atoms with Crippen molar-refractivity contribution in [2.45, 2.75) is 13.5 Å². The molecule has 0 radical (unpaired) electrons. The SMILES string of the molecule is C/C=C\NCc1ccccc1. The maximum Gasteiger partial charge on any atom is 0.0395 e. The zero-order valence-corrected chi connectivity index (χ0v) is 6.75. The molecule has 0 unspecified atom stereocenters. The quantitative estimate of drug-likeness (QED) is 0.691. The van der Waals surface area contributed by atoms with Gasteiger partial charge in [-0.1, -0.05) is 36.4 Å². The van der Waals surface area contributed by atoms with Crippen LogP contribution in [0, 0.1) is 0 Å². The molecule has 1 rings (SSSR count).